The maximum Gasteiger partial charge on any atom is 0.222 e. The highest BCUT2D eigenvalue weighted by atomic mass is 16.2. The van der Waals surface area contributed by atoms with Gasteiger partial charge in [-0.05, 0) is 45.7 Å². The molecule has 1 aliphatic rings. The zero-order valence-corrected chi connectivity index (χ0v) is 12.4. The van der Waals surface area contributed by atoms with E-state index in [1.165, 1.54) is 6.42 Å². The molecule has 0 aromatic heterocycles. The molecular formula is C15H27N3O. The first-order chi connectivity index (χ1) is 9.17. The molecule has 0 aromatic rings. The van der Waals surface area contributed by atoms with E-state index in [4.69, 9.17) is 5.26 Å². The minimum atomic E-state index is 0.0674. The van der Waals surface area contributed by atoms with Crippen LogP contribution in [0.3, 0.4) is 0 Å². The highest BCUT2D eigenvalue weighted by Gasteiger charge is 2.16. The van der Waals surface area contributed by atoms with E-state index in [-0.39, 0.29) is 5.92 Å². The van der Waals surface area contributed by atoms with Crippen molar-refractivity contribution in [2.45, 2.75) is 46.0 Å². The van der Waals surface area contributed by atoms with E-state index < -0.39 is 0 Å². The van der Waals surface area contributed by atoms with E-state index in [0.29, 0.717) is 12.3 Å². The number of hydrogen-bond acceptors (Lipinski definition) is 3. The fraction of sp³-hybridized carbons (Fsp3) is 0.867. The molecule has 1 aliphatic heterocycles. The van der Waals surface area contributed by atoms with E-state index in [0.717, 1.165) is 52.0 Å². The first kappa shape index (κ1) is 16.0. The number of nitriles is 1. The fourth-order valence-corrected chi connectivity index (χ4v) is 2.56. The predicted octanol–water partition coefficient (Wildman–Crippen LogP) is 2.26. The van der Waals surface area contributed by atoms with Crippen LogP contribution in [-0.4, -0.2) is 48.4 Å². The van der Waals surface area contributed by atoms with Crippen molar-refractivity contribution in [3.8, 4) is 6.07 Å². The molecule has 1 amide bonds. The average Bonchev–Trinajstić information content (AvgIpc) is 2.46. The normalized spacial score (nSPS) is 17.3. The minimum Gasteiger partial charge on any atom is -0.343 e. The molecule has 1 unspecified atom stereocenters. The van der Waals surface area contributed by atoms with E-state index in [1.807, 2.05) is 11.8 Å². The van der Waals surface area contributed by atoms with Crippen LogP contribution in [0.5, 0.6) is 0 Å². The Morgan fingerprint density at radius 3 is 2.63 bits per heavy atom. The Kier molecular flexibility index (Phi) is 7.50. The number of carbonyl (C=O) groups excluding carboxylic acids is 1. The van der Waals surface area contributed by atoms with Gasteiger partial charge in [0.2, 0.25) is 5.91 Å². The van der Waals surface area contributed by atoms with Crippen molar-refractivity contribution >= 4 is 5.91 Å². The van der Waals surface area contributed by atoms with E-state index in [2.05, 4.69) is 17.9 Å². The molecule has 108 valence electrons. The Hall–Kier alpha value is -1.08. The summed E-state index contributed by atoms with van der Waals surface area (Å²) >= 11 is 0. The summed E-state index contributed by atoms with van der Waals surface area (Å²) in [5, 5.41) is 8.83. The topological polar surface area (TPSA) is 47.3 Å². The van der Waals surface area contributed by atoms with Gasteiger partial charge in [-0.3, -0.25) is 4.79 Å². The molecule has 1 saturated heterocycles. The van der Waals surface area contributed by atoms with Crippen molar-refractivity contribution in [3.05, 3.63) is 0 Å². The van der Waals surface area contributed by atoms with Gasteiger partial charge in [0.25, 0.3) is 0 Å². The molecular weight excluding hydrogens is 238 g/mol. The number of likely N-dealkylation sites (tertiary alicyclic amines) is 1. The first-order valence-corrected chi connectivity index (χ1v) is 7.57. The van der Waals surface area contributed by atoms with Crippen molar-refractivity contribution in [2.75, 3.05) is 32.7 Å². The maximum atomic E-state index is 12.0. The lowest BCUT2D eigenvalue weighted by atomic mass is 10.1. The van der Waals surface area contributed by atoms with E-state index in [1.54, 1.807) is 0 Å². The Morgan fingerprint density at radius 2 is 2.05 bits per heavy atom. The second-order valence-corrected chi connectivity index (χ2v) is 5.47. The van der Waals surface area contributed by atoms with Gasteiger partial charge in [0.1, 0.15) is 0 Å². The Labute approximate surface area is 117 Å². The summed E-state index contributed by atoms with van der Waals surface area (Å²) in [5.41, 5.74) is 0. The van der Waals surface area contributed by atoms with Gasteiger partial charge in [-0.2, -0.15) is 5.26 Å². The Morgan fingerprint density at radius 1 is 1.37 bits per heavy atom. The van der Waals surface area contributed by atoms with Crippen LogP contribution in [0.15, 0.2) is 0 Å². The highest BCUT2D eigenvalue weighted by Crippen LogP contribution is 2.11. The van der Waals surface area contributed by atoms with Crippen molar-refractivity contribution < 1.29 is 4.79 Å². The highest BCUT2D eigenvalue weighted by molar-refractivity contribution is 5.76. The summed E-state index contributed by atoms with van der Waals surface area (Å²) in [6, 6.07) is 2.26. The Bertz CT molecular complexity index is 305. The number of piperidine rings is 1. The summed E-state index contributed by atoms with van der Waals surface area (Å²) in [7, 11) is 0. The standard InChI is InChI=1S/C15H27N3O/c1-3-17(13-14(2)12-16)9-7-8-15(19)18-10-5-4-6-11-18/h14H,3-11,13H2,1-2H3. The molecule has 1 atom stereocenters. The molecule has 0 spiro atoms. The van der Waals surface area contributed by atoms with Gasteiger partial charge in [0.05, 0.1) is 12.0 Å². The lowest BCUT2D eigenvalue weighted by molar-refractivity contribution is -0.132. The smallest absolute Gasteiger partial charge is 0.222 e. The summed E-state index contributed by atoms with van der Waals surface area (Å²) < 4.78 is 0. The second-order valence-electron chi connectivity index (χ2n) is 5.47. The summed E-state index contributed by atoms with van der Waals surface area (Å²) in [6.45, 7) is 8.62. The molecule has 0 N–H and O–H groups in total. The SMILES string of the molecule is CCN(CCCC(=O)N1CCCCC1)CC(C)C#N. The van der Waals surface area contributed by atoms with Gasteiger partial charge >= 0.3 is 0 Å². The molecule has 4 nitrogen and oxygen atoms in total. The van der Waals surface area contributed by atoms with Crippen LogP contribution in [0, 0.1) is 17.2 Å². The number of hydrogen-bond donors (Lipinski definition) is 0. The van der Waals surface area contributed by atoms with Gasteiger partial charge in [-0.25, -0.2) is 0 Å². The molecule has 19 heavy (non-hydrogen) atoms. The molecule has 0 aromatic carbocycles. The van der Waals surface area contributed by atoms with Crippen molar-refractivity contribution in [2.24, 2.45) is 5.92 Å². The zero-order valence-electron chi connectivity index (χ0n) is 12.4. The Balaban J connectivity index is 2.20. The summed E-state index contributed by atoms with van der Waals surface area (Å²) in [4.78, 5) is 16.3. The number of carbonyl (C=O) groups is 1. The molecule has 1 heterocycles. The van der Waals surface area contributed by atoms with Crippen LogP contribution in [0.2, 0.25) is 0 Å². The second kappa shape index (κ2) is 8.92. The van der Waals surface area contributed by atoms with Crippen LogP contribution in [0.4, 0.5) is 0 Å². The number of amides is 1. The van der Waals surface area contributed by atoms with Crippen LogP contribution in [0.1, 0.15) is 46.0 Å². The quantitative estimate of drug-likeness (QED) is 0.709. The van der Waals surface area contributed by atoms with Gasteiger partial charge in [0.15, 0.2) is 0 Å². The molecule has 0 saturated carbocycles. The van der Waals surface area contributed by atoms with Crippen molar-refractivity contribution in [3.63, 3.8) is 0 Å². The molecule has 0 aliphatic carbocycles. The number of rotatable bonds is 7. The lowest BCUT2D eigenvalue weighted by Gasteiger charge is -2.27. The van der Waals surface area contributed by atoms with E-state index in [9.17, 15) is 4.79 Å². The van der Waals surface area contributed by atoms with Crippen molar-refractivity contribution in [1.29, 1.82) is 5.26 Å². The average molecular weight is 265 g/mol. The molecule has 1 rings (SSSR count). The van der Waals surface area contributed by atoms with Gasteiger partial charge in [-0.1, -0.05) is 6.92 Å². The third kappa shape index (κ3) is 6.07. The van der Waals surface area contributed by atoms with Crippen LogP contribution in [0.25, 0.3) is 0 Å². The van der Waals surface area contributed by atoms with Gasteiger partial charge in [-0.15, -0.1) is 0 Å². The molecule has 0 radical (unpaired) electrons. The van der Waals surface area contributed by atoms with Gasteiger partial charge < -0.3 is 9.80 Å². The van der Waals surface area contributed by atoms with Gasteiger partial charge in [0, 0.05) is 26.1 Å². The predicted molar refractivity (Wildman–Crippen MR) is 76.6 cm³/mol. The van der Waals surface area contributed by atoms with Crippen molar-refractivity contribution in [1.82, 2.24) is 9.80 Å². The molecule has 4 heteroatoms. The molecule has 1 fully saturated rings. The minimum absolute atomic E-state index is 0.0674. The van der Waals surface area contributed by atoms with E-state index >= 15 is 0 Å². The first-order valence-electron chi connectivity index (χ1n) is 7.57. The van der Waals surface area contributed by atoms with Crippen LogP contribution in [-0.2, 0) is 4.79 Å². The number of nitrogens with zero attached hydrogens (tertiary/aromatic N) is 3. The maximum absolute atomic E-state index is 12.0. The van der Waals surface area contributed by atoms with Crippen LogP contribution < -0.4 is 0 Å². The third-order valence-electron chi connectivity index (χ3n) is 3.77. The summed E-state index contributed by atoms with van der Waals surface area (Å²) in [5.74, 6) is 0.377. The fourth-order valence-electron chi connectivity index (χ4n) is 2.56. The zero-order chi connectivity index (χ0) is 14.1. The van der Waals surface area contributed by atoms with Crippen LogP contribution >= 0.6 is 0 Å². The largest absolute Gasteiger partial charge is 0.343 e. The summed E-state index contributed by atoms with van der Waals surface area (Å²) in [6.07, 6.45) is 5.14. The third-order valence-corrected chi connectivity index (χ3v) is 3.77. The lowest BCUT2D eigenvalue weighted by Crippen LogP contribution is -2.36. The molecule has 0 bridgehead atoms. The monoisotopic (exact) mass is 265 g/mol.